The van der Waals surface area contributed by atoms with Crippen LogP contribution in [0.15, 0.2) is 89.8 Å². The van der Waals surface area contributed by atoms with Crippen LogP contribution >= 0.6 is 11.8 Å². The predicted molar refractivity (Wildman–Crippen MR) is 100 cm³/mol. The number of hydrogen-bond acceptors (Lipinski definition) is 3. The van der Waals surface area contributed by atoms with Crippen molar-refractivity contribution < 1.29 is 14.6 Å². The Kier molecular flexibility index (Phi) is 5.75. The second kappa shape index (κ2) is 8.40. The van der Waals surface area contributed by atoms with Gasteiger partial charge in [-0.05, 0) is 48.4 Å². The molecule has 4 heteroatoms. The Labute approximate surface area is 151 Å². The van der Waals surface area contributed by atoms with Gasteiger partial charge in [-0.25, -0.2) is 0 Å². The third kappa shape index (κ3) is 5.13. The number of hydrogen-bond donors (Lipinski definition) is 1. The number of carboxylic acid groups (broad SMARTS) is 1. The number of carboxylic acids is 1. The van der Waals surface area contributed by atoms with Gasteiger partial charge in [0.1, 0.15) is 16.7 Å². The molecule has 0 unspecified atom stereocenters. The van der Waals surface area contributed by atoms with Gasteiger partial charge >= 0.3 is 5.97 Å². The summed E-state index contributed by atoms with van der Waals surface area (Å²) in [5, 5.41) is 8.98. The second-order valence-corrected chi connectivity index (χ2v) is 6.80. The molecule has 25 heavy (non-hydrogen) atoms. The molecule has 3 nitrogen and oxygen atoms in total. The van der Waals surface area contributed by atoms with E-state index in [1.54, 1.807) is 0 Å². The van der Waals surface area contributed by atoms with Crippen molar-refractivity contribution in [2.24, 2.45) is 0 Å². The van der Waals surface area contributed by atoms with Crippen LogP contribution in [0.3, 0.4) is 0 Å². The van der Waals surface area contributed by atoms with E-state index >= 15 is 0 Å². The Morgan fingerprint density at radius 2 is 1.40 bits per heavy atom. The van der Waals surface area contributed by atoms with Gasteiger partial charge in [-0.3, -0.25) is 4.79 Å². The van der Waals surface area contributed by atoms with Crippen molar-refractivity contribution in [2.45, 2.75) is 16.6 Å². The normalized spacial score (nSPS) is 11.7. The van der Waals surface area contributed by atoms with Crippen LogP contribution in [0.4, 0.5) is 0 Å². The van der Waals surface area contributed by atoms with Crippen molar-refractivity contribution in [2.75, 3.05) is 0 Å². The molecule has 1 N–H and O–H groups in total. The summed E-state index contributed by atoms with van der Waals surface area (Å²) in [6.45, 7) is 0. The van der Waals surface area contributed by atoms with Gasteiger partial charge in [0.2, 0.25) is 0 Å². The van der Waals surface area contributed by atoms with Crippen molar-refractivity contribution in [3.63, 3.8) is 0 Å². The molecule has 0 bridgehead atoms. The Bertz CT molecular complexity index is 802. The highest BCUT2D eigenvalue weighted by Gasteiger charge is 2.19. The summed E-state index contributed by atoms with van der Waals surface area (Å²) < 4.78 is 5.76. The van der Waals surface area contributed by atoms with Crippen LogP contribution in [0.5, 0.6) is 11.5 Å². The zero-order valence-corrected chi connectivity index (χ0v) is 14.4. The molecule has 0 saturated heterocycles. The maximum atomic E-state index is 11.6. The lowest BCUT2D eigenvalue weighted by Crippen LogP contribution is -2.19. The summed E-state index contributed by atoms with van der Waals surface area (Å²) in [5.41, 5.74) is 0.969. The first-order chi connectivity index (χ1) is 12.2. The molecular formula is C21H18O3S. The van der Waals surface area contributed by atoms with Gasteiger partial charge in [-0.15, -0.1) is 11.8 Å². The molecule has 0 amide bonds. The molecule has 0 aromatic heterocycles. The molecule has 0 fully saturated rings. The van der Waals surface area contributed by atoms with Gasteiger partial charge in [0, 0.05) is 4.90 Å². The molecule has 0 saturated carbocycles. The van der Waals surface area contributed by atoms with Crippen LogP contribution in [-0.4, -0.2) is 16.3 Å². The fourth-order valence-corrected chi connectivity index (χ4v) is 3.39. The lowest BCUT2D eigenvalue weighted by molar-refractivity contribution is -0.136. The molecule has 0 spiro atoms. The first-order valence-corrected chi connectivity index (χ1v) is 8.85. The molecule has 3 aromatic carbocycles. The molecule has 3 aromatic rings. The first kappa shape index (κ1) is 17.1. The number of carbonyl (C=O) groups is 1. The highest BCUT2D eigenvalue weighted by Crippen LogP contribution is 2.27. The standard InChI is InChI=1S/C21H18O3S/c22-21(23)20(25-19-9-5-2-6-10-19)15-16-11-13-18(14-12-16)24-17-7-3-1-4-8-17/h1-14,20H,15H2,(H,22,23)/t20-/m1/s1. The molecule has 0 heterocycles. The highest BCUT2D eigenvalue weighted by atomic mass is 32.2. The third-order valence-corrected chi connectivity index (χ3v) is 4.82. The number of rotatable bonds is 7. The van der Waals surface area contributed by atoms with Crippen LogP contribution in [0, 0.1) is 0 Å². The minimum absolute atomic E-state index is 0.459. The van der Waals surface area contributed by atoms with E-state index in [1.807, 2.05) is 84.9 Å². The van der Waals surface area contributed by atoms with E-state index in [0.717, 1.165) is 22.0 Å². The Morgan fingerprint density at radius 3 is 2.00 bits per heavy atom. The van der Waals surface area contributed by atoms with E-state index in [4.69, 9.17) is 4.74 Å². The SMILES string of the molecule is O=C(O)[C@@H](Cc1ccc(Oc2ccccc2)cc1)Sc1ccccc1. The zero-order chi connectivity index (χ0) is 17.5. The van der Waals surface area contributed by atoms with Gasteiger partial charge < -0.3 is 9.84 Å². The molecule has 1 atom stereocenters. The summed E-state index contributed by atoms with van der Waals surface area (Å²) in [6.07, 6.45) is 0.459. The minimum Gasteiger partial charge on any atom is -0.480 e. The lowest BCUT2D eigenvalue weighted by Gasteiger charge is -2.13. The van der Waals surface area contributed by atoms with Gasteiger partial charge in [-0.2, -0.15) is 0 Å². The largest absolute Gasteiger partial charge is 0.480 e. The summed E-state index contributed by atoms with van der Waals surface area (Å²) in [7, 11) is 0. The summed E-state index contributed by atoms with van der Waals surface area (Å²) >= 11 is 1.37. The van der Waals surface area contributed by atoms with Gasteiger partial charge in [0.25, 0.3) is 0 Å². The summed E-state index contributed by atoms with van der Waals surface area (Å²) in [4.78, 5) is 12.5. The maximum Gasteiger partial charge on any atom is 0.317 e. The van der Waals surface area contributed by atoms with Crippen LogP contribution < -0.4 is 4.74 Å². The molecule has 0 aliphatic rings. The molecule has 0 aliphatic heterocycles. The van der Waals surface area contributed by atoms with E-state index in [9.17, 15) is 9.90 Å². The second-order valence-electron chi connectivity index (χ2n) is 5.52. The smallest absolute Gasteiger partial charge is 0.317 e. The third-order valence-electron chi connectivity index (χ3n) is 3.62. The molecule has 0 aliphatic carbocycles. The van der Waals surface area contributed by atoms with Crippen LogP contribution in [-0.2, 0) is 11.2 Å². The van der Waals surface area contributed by atoms with Crippen molar-refractivity contribution >= 4 is 17.7 Å². The highest BCUT2D eigenvalue weighted by molar-refractivity contribution is 8.00. The first-order valence-electron chi connectivity index (χ1n) is 7.97. The summed E-state index contributed by atoms with van der Waals surface area (Å²) in [6, 6.07) is 26.7. The summed E-state index contributed by atoms with van der Waals surface area (Å²) in [5.74, 6) is 0.703. The predicted octanol–water partition coefficient (Wildman–Crippen LogP) is 5.27. The van der Waals surface area contributed by atoms with Crippen LogP contribution in [0.25, 0.3) is 0 Å². The Morgan fingerprint density at radius 1 is 0.840 bits per heavy atom. The number of para-hydroxylation sites is 1. The van der Waals surface area contributed by atoms with Crippen LogP contribution in [0.1, 0.15) is 5.56 Å². The number of benzene rings is 3. The molecule has 3 rings (SSSR count). The van der Waals surface area contributed by atoms with Crippen molar-refractivity contribution in [1.29, 1.82) is 0 Å². The van der Waals surface area contributed by atoms with Crippen LogP contribution in [0.2, 0.25) is 0 Å². The number of thioether (sulfide) groups is 1. The molecular weight excluding hydrogens is 332 g/mol. The quantitative estimate of drug-likeness (QED) is 0.590. The minimum atomic E-state index is -0.807. The van der Waals surface area contributed by atoms with E-state index in [-0.39, 0.29) is 0 Å². The van der Waals surface area contributed by atoms with E-state index < -0.39 is 11.2 Å². The zero-order valence-electron chi connectivity index (χ0n) is 13.5. The van der Waals surface area contributed by atoms with E-state index in [0.29, 0.717) is 6.42 Å². The van der Waals surface area contributed by atoms with E-state index in [1.165, 1.54) is 11.8 Å². The van der Waals surface area contributed by atoms with E-state index in [2.05, 4.69) is 0 Å². The molecule has 0 radical (unpaired) electrons. The van der Waals surface area contributed by atoms with Gasteiger partial charge in [0.05, 0.1) is 0 Å². The Hall–Kier alpha value is -2.72. The number of aliphatic carboxylic acids is 1. The fourth-order valence-electron chi connectivity index (χ4n) is 2.37. The average molecular weight is 350 g/mol. The fraction of sp³-hybridized carbons (Fsp3) is 0.0952. The van der Waals surface area contributed by atoms with Gasteiger partial charge in [-0.1, -0.05) is 48.5 Å². The lowest BCUT2D eigenvalue weighted by atomic mass is 10.1. The van der Waals surface area contributed by atoms with Gasteiger partial charge in [0.15, 0.2) is 0 Å². The average Bonchev–Trinajstić information content (AvgIpc) is 2.64. The number of ether oxygens (including phenoxy) is 1. The topological polar surface area (TPSA) is 46.5 Å². The maximum absolute atomic E-state index is 11.6. The van der Waals surface area contributed by atoms with Crippen molar-refractivity contribution in [3.05, 3.63) is 90.5 Å². The Balaban J connectivity index is 1.65. The van der Waals surface area contributed by atoms with Crippen molar-refractivity contribution in [1.82, 2.24) is 0 Å². The monoisotopic (exact) mass is 350 g/mol. The molecule has 126 valence electrons. The van der Waals surface area contributed by atoms with Crippen molar-refractivity contribution in [3.8, 4) is 11.5 Å².